The largest absolute Gasteiger partial charge is 0.293 e. The van der Waals surface area contributed by atoms with Crippen molar-refractivity contribution in [1.82, 2.24) is 0 Å². The molecule has 0 aliphatic heterocycles. The number of sulfone groups is 1. The molecule has 1 aliphatic carbocycles. The van der Waals surface area contributed by atoms with Gasteiger partial charge in [-0.05, 0) is 37.1 Å². The molecule has 0 atom stereocenters. The third kappa shape index (κ3) is 5.32. The molecule has 0 radical (unpaired) electrons. The summed E-state index contributed by atoms with van der Waals surface area (Å²) in [5, 5.41) is 5.11. The van der Waals surface area contributed by atoms with Crippen molar-refractivity contribution < 1.29 is 21.6 Å². The summed E-state index contributed by atoms with van der Waals surface area (Å²) < 4.78 is 48.8. The summed E-state index contributed by atoms with van der Waals surface area (Å²) in [5.74, 6) is 5.12. The SMILES string of the molecule is NS(=O)(=O)c1ccccc1S(=O)(=O)CC(=O)c1cccc(C#CC2CCCC2)c1. The third-order valence-electron chi connectivity index (χ3n) is 4.77. The lowest BCUT2D eigenvalue weighted by Crippen LogP contribution is -2.21. The summed E-state index contributed by atoms with van der Waals surface area (Å²) in [7, 11) is -8.45. The predicted molar refractivity (Wildman–Crippen MR) is 109 cm³/mol. The lowest BCUT2D eigenvalue weighted by Gasteiger charge is -2.09. The first-order chi connectivity index (χ1) is 13.7. The number of carbonyl (C=O) groups excluding carboxylic acids is 1. The van der Waals surface area contributed by atoms with Crippen LogP contribution in [0.3, 0.4) is 0 Å². The molecule has 2 N–H and O–H groups in total. The van der Waals surface area contributed by atoms with E-state index in [-0.39, 0.29) is 5.56 Å². The first-order valence-electron chi connectivity index (χ1n) is 9.16. The Morgan fingerprint density at radius 3 is 2.28 bits per heavy atom. The van der Waals surface area contributed by atoms with Crippen molar-refractivity contribution in [3.8, 4) is 11.8 Å². The van der Waals surface area contributed by atoms with Gasteiger partial charge in [0.1, 0.15) is 10.6 Å². The zero-order chi connectivity index (χ0) is 21.1. The van der Waals surface area contributed by atoms with E-state index in [9.17, 15) is 21.6 Å². The van der Waals surface area contributed by atoms with E-state index in [4.69, 9.17) is 5.14 Å². The molecule has 8 heteroatoms. The van der Waals surface area contributed by atoms with Crippen LogP contribution in [0.4, 0.5) is 0 Å². The average molecular weight is 432 g/mol. The van der Waals surface area contributed by atoms with Crippen molar-refractivity contribution in [2.75, 3.05) is 5.75 Å². The van der Waals surface area contributed by atoms with Gasteiger partial charge < -0.3 is 0 Å². The fourth-order valence-electron chi connectivity index (χ4n) is 3.30. The maximum atomic E-state index is 12.7. The number of nitrogens with two attached hydrogens (primary N) is 1. The molecule has 1 fully saturated rings. The van der Waals surface area contributed by atoms with Gasteiger partial charge in [-0.15, -0.1) is 0 Å². The molecule has 0 unspecified atom stereocenters. The Labute approximate surface area is 171 Å². The summed E-state index contributed by atoms with van der Waals surface area (Å²) in [6.45, 7) is 0. The van der Waals surface area contributed by atoms with E-state index in [1.807, 2.05) is 0 Å². The molecule has 0 amide bonds. The molecule has 1 saturated carbocycles. The Morgan fingerprint density at radius 1 is 0.966 bits per heavy atom. The Morgan fingerprint density at radius 2 is 1.62 bits per heavy atom. The van der Waals surface area contributed by atoms with E-state index < -0.39 is 41.2 Å². The second kappa shape index (κ2) is 8.49. The van der Waals surface area contributed by atoms with Gasteiger partial charge in [-0.25, -0.2) is 22.0 Å². The van der Waals surface area contributed by atoms with E-state index >= 15 is 0 Å². The minimum absolute atomic E-state index is 0.208. The number of carbonyl (C=O) groups is 1. The number of sulfonamides is 1. The molecular formula is C21H21NO5S2. The molecule has 6 nitrogen and oxygen atoms in total. The summed E-state index contributed by atoms with van der Waals surface area (Å²) in [6.07, 6.45) is 4.51. The summed E-state index contributed by atoms with van der Waals surface area (Å²) >= 11 is 0. The van der Waals surface area contributed by atoms with Gasteiger partial charge >= 0.3 is 0 Å². The maximum Gasteiger partial charge on any atom is 0.239 e. The zero-order valence-electron chi connectivity index (χ0n) is 15.7. The summed E-state index contributed by atoms with van der Waals surface area (Å²) in [4.78, 5) is 11.6. The molecule has 29 heavy (non-hydrogen) atoms. The highest BCUT2D eigenvalue weighted by Gasteiger charge is 2.27. The van der Waals surface area contributed by atoms with Crippen LogP contribution >= 0.6 is 0 Å². The number of primary sulfonamides is 1. The van der Waals surface area contributed by atoms with Crippen molar-refractivity contribution in [3.63, 3.8) is 0 Å². The van der Waals surface area contributed by atoms with Crippen molar-refractivity contribution in [3.05, 3.63) is 59.7 Å². The topological polar surface area (TPSA) is 111 Å². The maximum absolute atomic E-state index is 12.7. The van der Waals surface area contributed by atoms with E-state index in [2.05, 4.69) is 11.8 Å². The van der Waals surface area contributed by atoms with E-state index in [1.165, 1.54) is 31.0 Å². The molecule has 3 rings (SSSR count). The van der Waals surface area contributed by atoms with Gasteiger partial charge in [0.25, 0.3) is 0 Å². The fraction of sp³-hybridized carbons (Fsp3) is 0.286. The average Bonchev–Trinajstić information content (AvgIpc) is 3.19. The molecule has 2 aromatic rings. The number of ketones is 1. The molecule has 2 aromatic carbocycles. The highest BCUT2D eigenvalue weighted by molar-refractivity contribution is 7.94. The number of hydrogen-bond acceptors (Lipinski definition) is 5. The standard InChI is InChI=1S/C21H21NO5S2/c22-29(26,27)21-11-4-3-10-20(21)28(24,25)15-19(23)18-9-5-8-17(14-18)13-12-16-6-1-2-7-16/h3-5,8-11,14,16H,1-2,6-7,15H2,(H2,22,26,27). The van der Waals surface area contributed by atoms with Gasteiger partial charge in [-0.2, -0.15) is 0 Å². The molecule has 0 aromatic heterocycles. The van der Waals surface area contributed by atoms with E-state index in [0.29, 0.717) is 11.5 Å². The van der Waals surface area contributed by atoms with Gasteiger partial charge in [-0.1, -0.05) is 48.9 Å². The highest BCUT2D eigenvalue weighted by Crippen LogP contribution is 2.24. The number of rotatable bonds is 5. The molecule has 0 saturated heterocycles. The fourth-order valence-corrected chi connectivity index (χ4v) is 5.98. The summed E-state index contributed by atoms with van der Waals surface area (Å²) in [5.41, 5.74) is 0.852. The van der Waals surface area contributed by atoms with Gasteiger partial charge in [0, 0.05) is 17.0 Å². The van der Waals surface area contributed by atoms with Crippen molar-refractivity contribution in [1.29, 1.82) is 0 Å². The molecule has 0 heterocycles. The molecule has 0 bridgehead atoms. The second-order valence-electron chi connectivity index (χ2n) is 7.01. The molecule has 1 aliphatic rings. The number of benzene rings is 2. The lowest BCUT2D eigenvalue weighted by atomic mass is 10.1. The van der Waals surface area contributed by atoms with Crippen LogP contribution in [0.1, 0.15) is 41.6 Å². The summed E-state index contributed by atoms with van der Waals surface area (Å²) in [6, 6.07) is 11.5. The monoisotopic (exact) mass is 431 g/mol. The van der Waals surface area contributed by atoms with Crippen molar-refractivity contribution in [2.45, 2.75) is 35.5 Å². The number of hydrogen-bond donors (Lipinski definition) is 1. The first kappa shape index (κ1) is 21.2. The normalized spacial score (nSPS) is 14.9. The van der Waals surface area contributed by atoms with Crippen molar-refractivity contribution >= 4 is 25.6 Å². The van der Waals surface area contributed by atoms with Gasteiger partial charge in [0.05, 0.1) is 4.90 Å². The van der Waals surface area contributed by atoms with Crippen LogP contribution in [-0.2, 0) is 19.9 Å². The van der Waals surface area contributed by atoms with Crippen LogP contribution in [0.25, 0.3) is 0 Å². The van der Waals surface area contributed by atoms with Crippen molar-refractivity contribution in [2.24, 2.45) is 11.1 Å². The Hall–Kier alpha value is -2.47. The highest BCUT2D eigenvalue weighted by atomic mass is 32.2. The smallest absolute Gasteiger partial charge is 0.239 e. The van der Waals surface area contributed by atoms with Crippen LogP contribution in [-0.4, -0.2) is 28.4 Å². The van der Waals surface area contributed by atoms with Gasteiger partial charge in [0.2, 0.25) is 10.0 Å². The first-order valence-corrected chi connectivity index (χ1v) is 12.4. The van der Waals surface area contributed by atoms with Crippen LogP contribution in [0.5, 0.6) is 0 Å². The Balaban J connectivity index is 1.84. The van der Waals surface area contributed by atoms with Crippen LogP contribution in [0.2, 0.25) is 0 Å². The minimum Gasteiger partial charge on any atom is -0.293 e. The van der Waals surface area contributed by atoms with E-state index in [0.717, 1.165) is 25.0 Å². The Kier molecular flexibility index (Phi) is 6.22. The molecular weight excluding hydrogens is 410 g/mol. The molecule has 0 spiro atoms. The van der Waals surface area contributed by atoms with Gasteiger partial charge in [-0.3, -0.25) is 4.79 Å². The number of Topliss-reactive ketones (excluding diaryl/α,β-unsaturated/α-hetero) is 1. The Bertz CT molecular complexity index is 1200. The zero-order valence-corrected chi connectivity index (χ0v) is 17.3. The molecule has 152 valence electrons. The van der Waals surface area contributed by atoms with E-state index in [1.54, 1.807) is 18.2 Å². The van der Waals surface area contributed by atoms with Crippen LogP contribution in [0, 0.1) is 17.8 Å². The van der Waals surface area contributed by atoms with Crippen LogP contribution in [0.15, 0.2) is 58.3 Å². The predicted octanol–water partition coefficient (Wildman–Crippen LogP) is 2.53. The third-order valence-corrected chi connectivity index (χ3v) is 7.54. The quantitative estimate of drug-likeness (QED) is 0.578. The minimum atomic E-state index is -4.25. The second-order valence-corrected chi connectivity index (χ2v) is 10.5. The van der Waals surface area contributed by atoms with Crippen LogP contribution < -0.4 is 5.14 Å². The lowest BCUT2D eigenvalue weighted by molar-refractivity contribution is 0.102. The van der Waals surface area contributed by atoms with Gasteiger partial charge in [0.15, 0.2) is 15.6 Å².